The maximum atomic E-state index is 13.4. The van der Waals surface area contributed by atoms with Gasteiger partial charge in [-0.3, -0.25) is 14.4 Å². The predicted octanol–water partition coefficient (Wildman–Crippen LogP) is 1.99. The van der Waals surface area contributed by atoms with Gasteiger partial charge in [0.15, 0.2) is 0 Å². The van der Waals surface area contributed by atoms with Crippen LogP contribution in [0.15, 0.2) is 18.2 Å². The Morgan fingerprint density at radius 3 is 2.62 bits per heavy atom. The lowest BCUT2D eigenvalue weighted by molar-refractivity contribution is -0.130. The first-order valence-electron chi connectivity index (χ1n) is 8.22. The van der Waals surface area contributed by atoms with Gasteiger partial charge in [0.05, 0.1) is 0 Å². The largest absolute Gasteiger partial charge is 0.354 e. The zero-order chi connectivity index (χ0) is 17.7. The summed E-state index contributed by atoms with van der Waals surface area (Å²) in [4.78, 5) is 35.4. The zero-order valence-electron chi connectivity index (χ0n) is 14.0. The van der Waals surface area contributed by atoms with Crippen LogP contribution in [0.4, 0.5) is 4.39 Å². The normalized spacial score (nSPS) is 20.5. The molecule has 0 unspecified atom stereocenters. The summed E-state index contributed by atoms with van der Waals surface area (Å²) >= 11 is 0. The van der Waals surface area contributed by atoms with E-state index in [9.17, 15) is 18.8 Å². The summed E-state index contributed by atoms with van der Waals surface area (Å²) in [7, 11) is 0. The molecule has 2 amide bonds. The molecule has 0 saturated heterocycles. The molecule has 0 radical (unpaired) electrons. The third-order valence-corrected chi connectivity index (χ3v) is 4.45. The Labute approximate surface area is 141 Å². The standard InChI is InChI=1S/C18H23FN2O3/c1-11-3-4-13(10-16(11)19)17(23)20-7-8-21-18(24)15-6-5-14(22)9-12(15)2/h3-4,10,12,15H,5-9H2,1-2H3,(H,20,23)(H,21,24)/t12-,15-/m0/s1. The lowest BCUT2D eigenvalue weighted by atomic mass is 9.79. The third-order valence-electron chi connectivity index (χ3n) is 4.45. The number of nitrogens with one attached hydrogen (secondary N) is 2. The number of hydrogen-bond acceptors (Lipinski definition) is 3. The molecule has 0 aliphatic heterocycles. The van der Waals surface area contributed by atoms with Gasteiger partial charge >= 0.3 is 0 Å². The van der Waals surface area contributed by atoms with Crippen LogP contribution in [0.25, 0.3) is 0 Å². The molecule has 24 heavy (non-hydrogen) atoms. The number of hydrogen-bond donors (Lipinski definition) is 2. The van der Waals surface area contributed by atoms with Crippen LogP contribution in [-0.4, -0.2) is 30.7 Å². The lowest BCUT2D eigenvalue weighted by Crippen LogP contribution is -2.41. The minimum Gasteiger partial charge on any atom is -0.354 e. The van der Waals surface area contributed by atoms with E-state index in [1.807, 2.05) is 6.92 Å². The molecule has 1 fully saturated rings. The van der Waals surface area contributed by atoms with Gasteiger partial charge in [-0.05, 0) is 37.0 Å². The second kappa shape index (κ2) is 8.04. The Bertz CT molecular complexity index is 645. The van der Waals surface area contributed by atoms with Crippen molar-refractivity contribution in [3.8, 4) is 0 Å². The van der Waals surface area contributed by atoms with Gasteiger partial charge in [0.1, 0.15) is 11.6 Å². The SMILES string of the molecule is Cc1ccc(C(=O)NCCNC(=O)[C@H]2CCC(=O)C[C@@H]2C)cc1F. The number of ketones is 1. The van der Waals surface area contributed by atoms with Crippen LogP contribution in [0.1, 0.15) is 42.1 Å². The van der Waals surface area contributed by atoms with Crippen molar-refractivity contribution in [2.45, 2.75) is 33.1 Å². The molecule has 0 aromatic heterocycles. The van der Waals surface area contributed by atoms with Crippen molar-refractivity contribution < 1.29 is 18.8 Å². The quantitative estimate of drug-likeness (QED) is 0.809. The van der Waals surface area contributed by atoms with Crippen molar-refractivity contribution in [3.05, 3.63) is 35.1 Å². The van der Waals surface area contributed by atoms with E-state index in [-0.39, 0.29) is 41.5 Å². The van der Waals surface area contributed by atoms with Gasteiger partial charge in [0.2, 0.25) is 5.91 Å². The maximum Gasteiger partial charge on any atom is 0.251 e. The molecule has 2 atom stereocenters. The molecule has 1 aromatic rings. The van der Waals surface area contributed by atoms with Crippen molar-refractivity contribution in [2.75, 3.05) is 13.1 Å². The van der Waals surface area contributed by atoms with Crippen molar-refractivity contribution in [1.82, 2.24) is 10.6 Å². The molecular formula is C18H23FN2O3. The number of carbonyl (C=O) groups is 3. The van der Waals surface area contributed by atoms with E-state index in [1.54, 1.807) is 19.1 Å². The summed E-state index contributed by atoms with van der Waals surface area (Å²) in [5.74, 6) is -0.757. The first-order chi connectivity index (χ1) is 11.4. The molecule has 5 nitrogen and oxygen atoms in total. The molecule has 0 heterocycles. The second-order valence-corrected chi connectivity index (χ2v) is 6.38. The van der Waals surface area contributed by atoms with Crippen LogP contribution in [0, 0.1) is 24.6 Å². The van der Waals surface area contributed by atoms with Gasteiger partial charge in [-0.15, -0.1) is 0 Å². The van der Waals surface area contributed by atoms with Gasteiger partial charge in [-0.2, -0.15) is 0 Å². The van der Waals surface area contributed by atoms with Crippen molar-refractivity contribution in [3.63, 3.8) is 0 Å². The number of rotatable bonds is 5. The Kier molecular flexibility index (Phi) is 6.06. The number of Topliss-reactive ketones (excluding diaryl/α,β-unsaturated/α-hetero) is 1. The Morgan fingerprint density at radius 1 is 1.25 bits per heavy atom. The van der Waals surface area contributed by atoms with E-state index >= 15 is 0 Å². The number of amides is 2. The number of carbonyl (C=O) groups excluding carboxylic acids is 3. The molecule has 1 saturated carbocycles. The minimum atomic E-state index is -0.420. The highest BCUT2D eigenvalue weighted by Crippen LogP contribution is 2.27. The van der Waals surface area contributed by atoms with Gasteiger partial charge in [0, 0.05) is 37.4 Å². The fourth-order valence-corrected chi connectivity index (χ4v) is 2.92. The van der Waals surface area contributed by atoms with Crippen molar-refractivity contribution >= 4 is 17.6 Å². The van der Waals surface area contributed by atoms with E-state index in [2.05, 4.69) is 10.6 Å². The Hall–Kier alpha value is -2.24. The first kappa shape index (κ1) is 18.1. The summed E-state index contributed by atoms with van der Waals surface area (Å²) in [5, 5.41) is 5.43. The molecule has 1 aliphatic carbocycles. The monoisotopic (exact) mass is 334 g/mol. The summed E-state index contributed by atoms with van der Waals surface area (Å²) in [6.07, 6.45) is 1.49. The smallest absolute Gasteiger partial charge is 0.251 e. The van der Waals surface area contributed by atoms with Gasteiger partial charge in [-0.25, -0.2) is 4.39 Å². The van der Waals surface area contributed by atoms with Crippen molar-refractivity contribution in [1.29, 1.82) is 0 Å². The Morgan fingerprint density at radius 2 is 1.96 bits per heavy atom. The highest BCUT2D eigenvalue weighted by atomic mass is 19.1. The number of halogens is 1. The summed E-state index contributed by atoms with van der Waals surface area (Å²) in [6, 6.07) is 4.31. The van der Waals surface area contributed by atoms with Crippen LogP contribution in [0.2, 0.25) is 0 Å². The molecule has 6 heteroatoms. The third kappa shape index (κ3) is 4.63. The van der Waals surface area contributed by atoms with E-state index in [1.165, 1.54) is 6.07 Å². The molecule has 130 valence electrons. The topological polar surface area (TPSA) is 75.3 Å². The van der Waals surface area contributed by atoms with Crippen LogP contribution in [0.3, 0.4) is 0 Å². The fourth-order valence-electron chi connectivity index (χ4n) is 2.92. The highest BCUT2D eigenvalue weighted by molar-refractivity contribution is 5.94. The fraction of sp³-hybridized carbons (Fsp3) is 0.500. The highest BCUT2D eigenvalue weighted by Gasteiger charge is 2.30. The average Bonchev–Trinajstić information content (AvgIpc) is 2.53. The van der Waals surface area contributed by atoms with Crippen molar-refractivity contribution in [2.24, 2.45) is 11.8 Å². The molecule has 1 aromatic carbocycles. The minimum absolute atomic E-state index is 0.0522. The summed E-state index contributed by atoms with van der Waals surface area (Å²) in [6.45, 7) is 4.11. The van der Waals surface area contributed by atoms with Crippen LogP contribution >= 0.6 is 0 Å². The molecule has 2 rings (SSSR count). The van der Waals surface area contributed by atoms with E-state index in [4.69, 9.17) is 0 Å². The number of aryl methyl sites for hydroxylation is 1. The first-order valence-corrected chi connectivity index (χ1v) is 8.22. The molecule has 0 bridgehead atoms. The second-order valence-electron chi connectivity index (χ2n) is 6.38. The van der Waals surface area contributed by atoms with Gasteiger partial charge in [-0.1, -0.05) is 13.0 Å². The summed E-state index contributed by atoms with van der Waals surface area (Å²) in [5.41, 5.74) is 0.739. The van der Waals surface area contributed by atoms with Crippen LogP contribution in [0.5, 0.6) is 0 Å². The molecule has 1 aliphatic rings. The van der Waals surface area contributed by atoms with Gasteiger partial charge < -0.3 is 10.6 Å². The lowest BCUT2D eigenvalue weighted by Gasteiger charge is -2.26. The number of benzene rings is 1. The molecular weight excluding hydrogens is 311 g/mol. The van der Waals surface area contributed by atoms with E-state index in [0.717, 1.165) is 0 Å². The zero-order valence-corrected chi connectivity index (χ0v) is 14.0. The van der Waals surface area contributed by atoms with Gasteiger partial charge in [0.25, 0.3) is 5.91 Å². The van der Waals surface area contributed by atoms with Crippen LogP contribution in [-0.2, 0) is 9.59 Å². The van der Waals surface area contributed by atoms with Crippen LogP contribution < -0.4 is 10.6 Å². The Balaban J connectivity index is 1.74. The summed E-state index contributed by atoms with van der Waals surface area (Å²) < 4.78 is 13.4. The molecule has 2 N–H and O–H groups in total. The predicted molar refractivity (Wildman–Crippen MR) is 88.0 cm³/mol. The van der Waals surface area contributed by atoms with E-state index in [0.29, 0.717) is 31.4 Å². The maximum absolute atomic E-state index is 13.4. The molecule has 0 spiro atoms. The van der Waals surface area contributed by atoms with E-state index < -0.39 is 5.82 Å². The average molecular weight is 334 g/mol.